The standard InChI is InChI=1S/C15H23O3P/c1-6-18-15(16)13-8-7-9-14(10-13)19(17,11(2)3)12(4)5/h7-12H,6H2,1-5H3. The summed E-state index contributed by atoms with van der Waals surface area (Å²) in [6, 6.07) is 7.05. The van der Waals surface area contributed by atoms with Gasteiger partial charge in [0.25, 0.3) is 0 Å². The lowest BCUT2D eigenvalue weighted by Gasteiger charge is -2.26. The van der Waals surface area contributed by atoms with Crippen molar-refractivity contribution in [1.29, 1.82) is 0 Å². The third kappa shape index (κ3) is 3.27. The molecule has 0 unspecified atom stereocenters. The first kappa shape index (κ1) is 16.0. The Morgan fingerprint density at radius 1 is 1.21 bits per heavy atom. The van der Waals surface area contributed by atoms with Crippen LogP contribution in [0.3, 0.4) is 0 Å². The number of benzene rings is 1. The van der Waals surface area contributed by atoms with E-state index in [1.165, 1.54) is 0 Å². The molecule has 0 fully saturated rings. The zero-order valence-corrected chi connectivity index (χ0v) is 13.2. The Kier molecular flexibility index (Phi) is 5.37. The van der Waals surface area contributed by atoms with Crippen LogP contribution in [0, 0.1) is 0 Å². The van der Waals surface area contributed by atoms with Crippen LogP contribution in [0.2, 0.25) is 0 Å². The third-order valence-electron chi connectivity index (χ3n) is 3.30. The van der Waals surface area contributed by atoms with Crippen LogP contribution in [-0.4, -0.2) is 23.9 Å². The van der Waals surface area contributed by atoms with E-state index in [1.54, 1.807) is 25.1 Å². The average Bonchev–Trinajstić information content (AvgIpc) is 2.37. The average molecular weight is 282 g/mol. The van der Waals surface area contributed by atoms with E-state index in [4.69, 9.17) is 4.74 Å². The van der Waals surface area contributed by atoms with Crippen LogP contribution < -0.4 is 5.30 Å². The Bertz CT molecular complexity index is 480. The molecule has 0 heterocycles. The summed E-state index contributed by atoms with van der Waals surface area (Å²) in [5.74, 6) is -0.358. The summed E-state index contributed by atoms with van der Waals surface area (Å²) >= 11 is 0. The van der Waals surface area contributed by atoms with E-state index in [0.717, 1.165) is 5.30 Å². The van der Waals surface area contributed by atoms with Gasteiger partial charge in [0.1, 0.15) is 7.14 Å². The Balaban J connectivity index is 3.24. The first-order chi connectivity index (χ1) is 8.83. The summed E-state index contributed by atoms with van der Waals surface area (Å²) in [5.41, 5.74) is 0.593. The number of hydrogen-bond donors (Lipinski definition) is 0. The highest BCUT2D eigenvalue weighted by Crippen LogP contribution is 2.53. The Labute approximate surface area is 115 Å². The fraction of sp³-hybridized carbons (Fsp3) is 0.533. The first-order valence-electron chi connectivity index (χ1n) is 6.71. The lowest BCUT2D eigenvalue weighted by Crippen LogP contribution is -2.21. The van der Waals surface area contributed by atoms with E-state index in [1.807, 2.05) is 33.8 Å². The molecule has 0 atom stereocenters. The fourth-order valence-electron chi connectivity index (χ4n) is 2.26. The highest BCUT2D eigenvalue weighted by molar-refractivity contribution is 7.72. The molecule has 1 rings (SSSR count). The van der Waals surface area contributed by atoms with Gasteiger partial charge in [0.05, 0.1) is 12.2 Å². The second kappa shape index (κ2) is 6.38. The molecule has 1 aromatic carbocycles. The van der Waals surface area contributed by atoms with Crippen molar-refractivity contribution < 1.29 is 14.1 Å². The SMILES string of the molecule is CCOC(=O)c1cccc(P(=O)(C(C)C)C(C)C)c1. The van der Waals surface area contributed by atoms with Crippen molar-refractivity contribution in [2.75, 3.05) is 6.61 Å². The molecule has 0 radical (unpaired) electrons. The lowest BCUT2D eigenvalue weighted by molar-refractivity contribution is 0.0526. The summed E-state index contributed by atoms with van der Waals surface area (Å²) in [4.78, 5) is 11.8. The van der Waals surface area contributed by atoms with Crippen LogP contribution in [0.4, 0.5) is 0 Å². The third-order valence-corrected chi connectivity index (χ3v) is 7.45. The molecule has 0 saturated heterocycles. The van der Waals surface area contributed by atoms with Gasteiger partial charge >= 0.3 is 5.97 Å². The highest BCUT2D eigenvalue weighted by atomic mass is 31.2. The molecule has 0 spiro atoms. The molecule has 19 heavy (non-hydrogen) atoms. The normalized spacial score (nSPS) is 11.9. The predicted molar refractivity (Wildman–Crippen MR) is 79.9 cm³/mol. The van der Waals surface area contributed by atoms with Gasteiger partial charge in [-0.3, -0.25) is 0 Å². The fourth-order valence-corrected chi connectivity index (χ4v) is 5.30. The minimum absolute atomic E-state index is 0.0601. The van der Waals surface area contributed by atoms with Crippen molar-refractivity contribution in [3.8, 4) is 0 Å². The van der Waals surface area contributed by atoms with Gasteiger partial charge in [0.15, 0.2) is 0 Å². The summed E-state index contributed by atoms with van der Waals surface area (Å²) in [7, 11) is -2.51. The quantitative estimate of drug-likeness (QED) is 0.611. The summed E-state index contributed by atoms with van der Waals surface area (Å²) in [5, 5.41) is 0.767. The van der Waals surface area contributed by atoms with Crippen LogP contribution in [0.25, 0.3) is 0 Å². The van der Waals surface area contributed by atoms with E-state index in [-0.39, 0.29) is 17.3 Å². The lowest BCUT2D eigenvalue weighted by atomic mass is 10.2. The van der Waals surface area contributed by atoms with E-state index < -0.39 is 7.14 Å². The molecule has 0 N–H and O–H groups in total. The van der Waals surface area contributed by atoms with Crippen molar-refractivity contribution in [3.05, 3.63) is 29.8 Å². The van der Waals surface area contributed by atoms with Crippen LogP contribution in [0.1, 0.15) is 45.0 Å². The zero-order valence-electron chi connectivity index (χ0n) is 12.3. The van der Waals surface area contributed by atoms with Gasteiger partial charge in [0, 0.05) is 16.6 Å². The summed E-state index contributed by atoms with van der Waals surface area (Å²) in [6.07, 6.45) is 0. The maximum absolute atomic E-state index is 13.2. The first-order valence-corrected chi connectivity index (χ1v) is 8.55. The number of carbonyl (C=O) groups excluding carboxylic acids is 1. The van der Waals surface area contributed by atoms with Crippen molar-refractivity contribution in [3.63, 3.8) is 0 Å². The Morgan fingerprint density at radius 2 is 1.79 bits per heavy atom. The molecule has 1 aromatic rings. The molecule has 3 nitrogen and oxygen atoms in total. The number of hydrogen-bond acceptors (Lipinski definition) is 3. The number of carbonyl (C=O) groups is 1. The van der Waals surface area contributed by atoms with E-state index in [2.05, 4.69) is 0 Å². The monoisotopic (exact) mass is 282 g/mol. The topological polar surface area (TPSA) is 43.4 Å². The molecule has 0 aliphatic rings. The molecule has 4 heteroatoms. The summed E-state index contributed by atoms with van der Waals surface area (Å²) in [6.45, 7) is 10.00. The molecule has 0 aliphatic carbocycles. The van der Waals surface area contributed by atoms with Crippen LogP contribution >= 0.6 is 7.14 Å². The van der Waals surface area contributed by atoms with Gasteiger partial charge in [-0.15, -0.1) is 0 Å². The zero-order chi connectivity index (χ0) is 14.6. The number of esters is 1. The second-order valence-electron chi connectivity index (χ2n) is 5.17. The van der Waals surface area contributed by atoms with Crippen molar-refractivity contribution in [2.24, 2.45) is 0 Å². The van der Waals surface area contributed by atoms with Gasteiger partial charge in [-0.1, -0.05) is 39.8 Å². The number of rotatable bonds is 5. The summed E-state index contributed by atoms with van der Waals surface area (Å²) < 4.78 is 18.2. The minimum Gasteiger partial charge on any atom is -0.462 e. The molecule has 0 bridgehead atoms. The predicted octanol–water partition coefficient (Wildman–Crippen LogP) is 3.67. The van der Waals surface area contributed by atoms with Crippen molar-refractivity contribution in [1.82, 2.24) is 0 Å². The molecular formula is C15H23O3P. The van der Waals surface area contributed by atoms with Crippen molar-refractivity contribution in [2.45, 2.75) is 45.9 Å². The highest BCUT2D eigenvalue weighted by Gasteiger charge is 2.32. The molecule has 0 aromatic heterocycles. The minimum atomic E-state index is -2.51. The van der Waals surface area contributed by atoms with Gasteiger partial charge in [0.2, 0.25) is 0 Å². The van der Waals surface area contributed by atoms with Gasteiger partial charge in [-0.25, -0.2) is 4.79 Å². The molecular weight excluding hydrogens is 259 g/mol. The number of ether oxygens (including phenoxy) is 1. The molecule has 0 saturated carbocycles. The van der Waals surface area contributed by atoms with Crippen LogP contribution in [-0.2, 0) is 9.30 Å². The van der Waals surface area contributed by atoms with Gasteiger partial charge < -0.3 is 9.30 Å². The van der Waals surface area contributed by atoms with E-state index in [0.29, 0.717) is 12.2 Å². The van der Waals surface area contributed by atoms with Gasteiger partial charge in [-0.2, -0.15) is 0 Å². The smallest absolute Gasteiger partial charge is 0.338 e. The largest absolute Gasteiger partial charge is 0.462 e. The molecule has 0 aliphatic heterocycles. The van der Waals surface area contributed by atoms with Crippen LogP contribution in [0.5, 0.6) is 0 Å². The van der Waals surface area contributed by atoms with Gasteiger partial charge in [-0.05, 0) is 19.1 Å². The Hall–Kier alpha value is -1.08. The maximum atomic E-state index is 13.2. The molecule has 0 amide bonds. The molecule has 106 valence electrons. The maximum Gasteiger partial charge on any atom is 0.338 e. The van der Waals surface area contributed by atoms with Crippen LogP contribution in [0.15, 0.2) is 24.3 Å². The Morgan fingerprint density at radius 3 is 2.26 bits per heavy atom. The van der Waals surface area contributed by atoms with Crippen molar-refractivity contribution >= 4 is 18.4 Å². The second-order valence-corrected chi connectivity index (χ2v) is 9.17. The van der Waals surface area contributed by atoms with E-state index >= 15 is 0 Å². The van der Waals surface area contributed by atoms with E-state index in [9.17, 15) is 9.36 Å².